The van der Waals surface area contributed by atoms with Crippen LogP contribution in [0.4, 0.5) is 5.69 Å². The number of ether oxygens (including phenoxy) is 1. The van der Waals surface area contributed by atoms with Gasteiger partial charge in [-0.25, -0.2) is 0 Å². The third-order valence-electron chi connectivity index (χ3n) is 5.32. The second-order valence-corrected chi connectivity index (χ2v) is 7.16. The minimum absolute atomic E-state index is 0.0139. The number of nitrogens with one attached hydrogen (secondary N) is 2. The molecule has 1 fully saturated rings. The second kappa shape index (κ2) is 9.08. The number of hydrogen-bond donors (Lipinski definition) is 3. The predicted octanol–water partition coefficient (Wildman–Crippen LogP) is 2.04. The molecule has 2 amide bonds. The van der Waals surface area contributed by atoms with E-state index in [1.807, 2.05) is 17.9 Å². The number of phenols is 1. The highest BCUT2D eigenvalue weighted by molar-refractivity contribution is 5.97. The SMILES string of the molecule is CCC(=O)N(CCNCCc1ccc(O)c2c1OCC(=O)N2)C1CCCC1. The van der Waals surface area contributed by atoms with Gasteiger partial charge in [-0.05, 0) is 37.4 Å². The zero-order chi connectivity index (χ0) is 19.2. The zero-order valence-electron chi connectivity index (χ0n) is 15.9. The van der Waals surface area contributed by atoms with E-state index >= 15 is 0 Å². The summed E-state index contributed by atoms with van der Waals surface area (Å²) in [5.41, 5.74) is 1.29. The molecule has 0 spiro atoms. The number of nitrogens with zero attached hydrogens (tertiary/aromatic N) is 1. The Hall–Kier alpha value is -2.28. The monoisotopic (exact) mass is 375 g/mol. The minimum Gasteiger partial charge on any atom is -0.506 e. The minimum atomic E-state index is -0.263. The van der Waals surface area contributed by atoms with Crippen LogP contribution in [0.5, 0.6) is 11.5 Å². The number of benzene rings is 1. The van der Waals surface area contributed by atoms with E-state index in [1.165, 1.54) is 12.8 Å². The van der Waals surface area contributed by atoms with Crippen LogP contribution in [0.1, 0.15) is 44.6 Å². The number of amides is 2. The average molecular weight is 375 g/mol. The molecule has 1 aromatic rings. The van der Waals surface area contributed by atoms with Gasteiger partial charge in [0.1, 0.15) is 11.4 Å². The van der Waals surface area contributed by atoms with Crippen LogP contribution in [0.25, 0.3) is 0 Å². The van der Waals surface area contributed by atoms with Crippen LogP contribution in [-0.4, -0.2) is 54.1 Å². The molecule has 7 nitrogen and oxygen atoms in total. The molecule has 0 atom stereocenters. The van der Waals surface area contributed by atoms with Gasteiger partial charge in [0, 0.05) is 25.6 Å². The van der Waals surface area contributed by atoms with Crippen molar-refractivity contribution in [3.63, 3.8) is 0 Å². The van der Waals surface area contributed by atoms with Crippen molar-refractivity contribution in [1.82, 2.24) is 10.2 Å². The fourth-order valence-corrected chi connectivity index (χ4v) is 3.89. The molecule has 0 unspecified atom stereocenters. The molecule has 1 aromatic carbocycles. The van der Waals surface area contributed by atoms with Crippen LogP contribution in [0.2, 0.25) is 0 Å². The number of phenolic OH excluding ortho intramolecular Hbond substituents is 1. The van der Waals surface area contributed by atoms with E-state index in [2.05, 4.69) is 10.6 Å². The molecule has 0 aromatic heterocycles. The molecule has 2 aliphatic rings. The molecule has 1 heterocycles. The number of carbonyl (C=O) groups is 2. The van der Waals surface area contributed by atoms with Gasteiger partial charge < -0.3 is 25.4 Å². The van der Waals surface area contributed by atoms with Gasteiger partial charge in [-0.3, -0.25) is 9.59 Å². The molecule has 7 heteroatoms. The smallest absolute Gasteiger partial charge is 0.262 e. The maximum Gasteiger partial charge on any atom is 0.262 e. The van der Waals surface area contributed by atoms with Gasteiger partial charge in [0.05, 0.1) is 0 Å². The highest BCUT2D eigenvalue weighted by Gasteiger charge is 2.25. The summed E-state index contributed by atoms with van der Waals surface area (Å²) < 4.78 is 5.50. The van der Waals surface area contributed by atoms with E-state index in [0.717, 1.165) is 38.0 Å². The third-order valence-corrected chi connectivity index (χ3v) is 5.32. The number of fused-ring (bicyclic) bond motifs is 1. The first-order valence-electron chi connectivity index (χ1n) is 9.87. The first kappa shape index (κ1) is 19.5. The van der Waals surface area contributed by atoms with Gasteiger partial charge in [-0.2, -0.15) is 0 Å². The van der Waals surface area contributed by atoms with Gasteiger partial charge in [0.2, 0.25) is 5.91 Å². The van der Waals surface area contributed by atoms with Crippen LogP contribution in [0.3, 0.4) is 0 Å². The van der Waals surface area contributed by atoms with Gasteiger partial charge in [-0.15, -0.1) is 0 Å². The van der Waals surface area contributed by atoms with Gasteiger partial charge in [0.25, 0.3) is 5.91 Å². The Balaban J connectivity index is 1.49. The molecule has 27 heavy (non-hydrogen) atoms. The Morgan fingerprint density at radius 3 is 2.85 bits per heavy atom. The van der Waals surface area contributed by atoms with Crippen LogP contribution in [0, 0.1) is 0 Å². The van der Waals surface area contributed by atoms with Gasteiger partial charge >= 0.3 is 0 Å². The summed E-state index contributed by atoms with van der Waals surface area (Å²) in [7, 11) is 0. The largest absolute Gasteiger partial charge is 0.506 e. The Morgan fingerprint density at radius 2 is 2.11 bits per heavy atom. The van der Waals surface area contributed by atoms with Crippen LogP contribution in [-0.2, 0) is 16.0 Å². The van der Waals surface area contributed by atoms with Crippen molar-refractivity contribution in [2.75, 3.05) is 31.6 Å². The van der Waals surface area contributed by atoms with E-state index in [0.29, 0.717) is 30.3 Å². The first-order valence-corrected chi connectivity index (χ1v) is 9.87. The molecule has 1 saturated carbocycles. The number of hydrogen-bond acceptors (Lipinski definition) is 5. The Bertz CT molecular complexity index is 686. The van der Waals surface area contributed by atoms with Crippen molar-refractivity contribution in [3.05, 3.63) is 17.7 Å². The molecule has 3 N–H and O–H groups in total. The summed E-state index contributed by atoms with van der Waals surface area (Å²) in [5, 5.41) is 16.0. The van der Waals surface area contributed by atoms with E-state index < -0.39 is 0 Å². The lowest BCUT2D eigenvalue weighted by Crippen LogP contribution is -2.42. The normalized spacial score (nSPS) is 16.6. The lowest BCUT2D eigenvalue weighted by molar-refractivity contribution is -0.133. The van der Waals surface area contributed by atoms with Crippen molar-refractivity contribution < 1.29 is 19.4 Å². The third kappa shape index (κ3) is 4.71. The summed E-state index contributed by atoms with van der Waals surface area (Å²) >= 11 is 0. The predicted molar refractivity (Wildman–Crippen MR) is 103 cm³/mol. The first-order chi connectivity index (χ1) is 13.1. The summed E-state index contributed by atoms with van der Waals surface area (Å²) in [4.78, 5) is 25.7. The van der Waals surface area contributed by atoms with E-state index in [1.54, 1.807) is 6.07 Å². The van der Waals surface area contributed by atoms with E-state index in [9.17, 15) is 14.7 Å². The van der Waals surface area contributed by atoms with Gasteiger partial charge in [0.15, 0.2) is 12.4 Å². The zero-order valence-corrected chi connectivity index (χ0v) is 15.9. The highest BCUT2D eigenvalue weighted by atomic mass is 16.5. The maximum absolute atomic E-state index is 12.2. The Kier molecular flexibility index (Phi) is 6.55. The van der Waals surface area contributed by atoms with Crippen molar-refractivity contribution in [2.24, 2.45) is 0 Å². The van der Waals surface area contributed by atoms with E-state index in [4.69, 9.17) is 4.74 Å². The number of carbonyl (C=O) groups excluding carboxylic acids is 2. The number of anilines is 1. The molecule has 1 aliphatic carbocycles. The standard InChI is InChI=1S/C20H29N3O4/c1-2-18(26)23(15-5-3-4-6-15)12-11-21-10-9-14-7-8-16(24)19-20(14)27-13-17(25)22-19/h7-8,15,21,24H,2-6,9-13H2,1H3,(H,22,25). The molecule has 0 radical (unpaired) electrons. The molecule has 3 rings (SSSR count). The summed E-state index contributed by atoms with van der Waals surface area (Å²) in [5.74, 6) is 0.534. The quantitative estimate of drug-likeness (QED) is 0.478. The number of rotatable bonds is 8. The average Bonchev–Trinajstić information content (AvgIpc) is 3.20. The fraction of sp³-hybridized carbons (Fsp3) is 0.600. The molecular formula is C20H29N3O4. The van der Waals surface area contributed by atoms with Crippen molar-refractivity contribution >= 4 is 17.5 Å². The Labute approximate surface area is 160 Å². The molecule has 0 bridgehead atoms. The summed E-state index contributed by atoms with van der Waals surface area (Å²) in [6, 6.07) is 3.80. The van der Waals surface area contributed by atoms with Crippen LogP contribution >= 0.6 is 0 Å². The van der Waals surface area contributed by atoms with Crippen LogP contribution < -0.4 is 15.4 Å². The molecular weight excluding hydrogens is 346 g/mol. The summed E-state index contributed by atoms with van der Waals surface area (Å²) in [6.45, 7) is 4.10. The van der Waals surface area contributed by atoms with Crippen molar-refractivity contribution in [1.29, 1.82) is 0 Å². The van der Waals surface area contributed by atoms with Crippen molar-refractivity contribution in [3.8, 4) is 11.5 Å². The second-order valence-electron chi connectivity index (χ2n) is 7.16. The van der Waals surface area contributed by atoms with Crippen LogP contribution in [0.15, 0.2) is 12.1 Å². The topological polar surface area (TPSA) is 90.9 Å². The number of aromatic hydroxyl groups is 1. The maximum atomic E-state index is 12.2. The molecule has 148 valence electrons. The van der Waals surface area contributed by atoms with Crippen molar-refractivity contribution in [2.45, 2.75) is 51.5 Å². The fourth-order valence-electron chi connectivity index (χ4n) is 3.89. The Morgan fingerprint density at radius 1 is 1.33 bits per heavy atom. The molecule has 0 saturated heterocycles. The van der Waals surface area contributed by atoms with E-state index in [-0.39, 0.29) is 24.2 Å². The van der Waals surface area contributed by atoms with Gasteiger partial charge in [-0.1, -0.05) is 25.8 Å². The molecule has 1 aliphatic heterocycles. The lowest BCUT2D eigenvalue weighted by atomic mass is 10.1. The summed E-state index contributed by atoms with van der Waals surface area (Å²) in [6.07, 6.45) is 5.94. The lowest BCUT2D eigenvalue weighted by Gasteiger charge is -2.29. The highest BCUT2D eigenvalue weighted by Crippen LogP contribution is 2.39.